The van der Waals surface area contributed by atoms with Gasteiger partial charge < -0.3 is 15.1 Å². The summed E-state index contributed by atoms with van der Waals surface area (Å²) in [7, 11) is 1.78. The Kier molecular flexibility index (Phi) is 3.86. The number of fused-ring (bicyclic) bond motifs is 1. The van der Waals surface area contributed by atoms with Gasteiger partial charge in [0.1, 0.15) is 5.58 Å². The van der Waals surface area contributed by atoms with Crippen LogP contribution in [0.3, 0.4) is 0 Å². The Morgan fingerprint density at radius 1 is 1.35 bits per heavy atom. The van der Waals surface area contributed by atoms with E-state index in [9.17, 15) is 4.79 Å². The predicted molar refractivity (Wildman–Crippen MR) is 80.7 cm³/mol. The third kappa shape index (κ3) is 2.70. The number of para-hydroxylation sites is 1. The highest BCUT2D eigenvalue weighted by molar-refractivity contribution is 5.98. The first-order chi connectivity index (χ1) is 9.35. The van der Waals surface area contributed by atoms with Crippen molar-refractivity contribution in [2.24, 2.45) is 11.1 Å². The fraction of sp³-hybridized carbons (Fsp3) is 0.438. The van der Waals surface area contributed by atoms with Gasteiger partial charge in [0.2, 0.25) is 0 Å². The number of aryl methyl sites for hydroxylation is 1. The first-order valence-electron chi connectivity index (χ1n) is 6.79. The van der Waals surface area contributed by atoms with Crippen LogP contribution in [0, 0.1) is 12.3 Å². The van der Waals surface area contributed by atoms with E-state index in [1.807, 2.05) is 45.0 Å². The topological polar surface area (TPSA) is 59.5 Å². The summed E-state index contributed by atoms with van der Waals surface area (Å²) in [4.78, 5) is 14.2. The molecule has 1 aromatic heterocycles. The number of furan rings is 1. The quantitative estimate of drug-likeness (QED) is 0.932. The molecule has 0 bridgehead atoms. The van der Waals surface area contributed by atoms with Gasteiger partial charge in [0.25, 0.3) is 5.91 Å². The summed E-state index contributed by atoms with van der Waals surface area (Å²) in [5, 5.41) is 0.988. The third-order valence-corrected chi connectivity index (χ3v) is 3.60. The molecule has 2 aromatic rings. The molecule has 0 aliphatic heterocycles. The third-order valence-electron chi connectivity index (χ3n) is 3.60. The Morgan fingerprint density at radius 2 is 2.00 bits per heavy atom. The molecule has 2 N–H and O–H groups in total. The van der Waals surface area contributed by atoms with Gasteiger partial charge in [-0.3, -0.25) is 4.79 Å². The van der Waals surface area contributed by atoms with Crippen LogP contribution in [0.4, 0.5) is 0 Å². The van der Waals surface area contributed by atoms with Crippen LogP contribution in [0.2, 0.25) is 0 Å². The predicted octanol–water partition coefficient (Wildman–Crippen LogP) is 2.80. The van der Waals surface area contributed by atoms with Gasteiger partial charge in [-0.15, -0.1) is 0 Å². The molecule has 0 fully saturated rings. The maximum absolute atomic E-state index is 12.5. The maximum Gasteiger partial charge on any atom is 0.289 e. The SMILES string of the molecule is Cc1c(C(=O)N(C)CC(C)(C)CN)oc2ccccc12. The van der Waals surface area contributed by atoms with Crippen LogP contribution in [0.25, 0.3) is 11.0 Å². The Bertz CT molecular complexity index is 628. The molecular weight excluding hydrogens is 252 g/mol. The molecule has 0 atom stereocenters. The molecule has 0 unspecified atom stereocenters. The van der Waals surface area contributed by atoms with E-state index < -0.39 is 0 Å². The molecule has 4 heteroatoms. The molecular formula is C16H22N2O2. The fourth-order valence-corrected chi connectivity index (χ4v) is 2.33. The summed E-state index contributed by atoms with van der Waals surface area (Å²) < 4.78 is 5.71. The monoisotopic (exact) mass is 274 g/mol. The van der Waals surface area contributed by atoms with Crippen molar-refractivity contribution in [3.05, 3.63) is 35.6 Å². The van der Waals surface area contributed by atoms with Crippen molar-refractivity contribution in [3.63, 3.8) is 0 Å². The first kappa shape index (κ1) is 14.6. The minimum absolute atomic E-state index is 0.0970. The fourth-order valence-electron chi connectivity index (χ4n) is 2.33. The molecule has 0 aliphatic rings. The first-order valence-corrected chi connectivity index (χ1v) is 6.79. The van der Waals surface area contributed by atoms with Crippen molar-refractivity contribution in [2.45, 2.75) is 20.8 Å². The number of nitrogens with two attached hydrogens (primary N) is 1. The zero-order valence-corrected chi connectivity index (χ0v) is 12.6. The van der Waals surface area contributed by atoms with Crippen LogP contribution >= 0.6 is 0 Å². The van der Waals surface area contributed by atoms with Crippen LogP contribution in [0.1, 0.15) is 30.0 Å². The van der Waals surface area contributed by atoms with Gasteiger partial charge in [-0.25, -0.2) is 0 Å². The van der Waals surface area contributed by atoms with Crippen molar-refractivity contribution in [1.29, 1.82) is 0 Å². The standard InChI is InChI=1S/C16H22N2O2/c1-11-12-7-5-6-8-13(12)20-14(11)15(19)18(4)10-16(2,3)9-17/h5-8H,9-10,17H2,1-4H3. The van der Waals surface area contributed by atoms with E-state index in [0.29, 0.717) is 18.8 Å². The molecule has 1 aromatic carbocycles. The smallest absolute Gasteiger partial charge is 0.289 e. The van der Waals surface area contributed by atoms with Crippen molar-refractivity contribution in [3.8, 4) is 0 Å². The molecule has 1 amide bonds. The summed E-state index contributed by atoms with van der Waals surface area (Å²) >= 11 is 0. The molecule has 0 aliphatic carbocycles. The minimum Gasteiger partial charge on any atom is -0.451 e. The number of nitrogens with zero attached hydrogens (tertiary/aromatic N) is 1. The van der Waals surface area contributed by atoms with E-state index >= 15 is 0 Å². The highest BCUT2D eigenvalue weighted by atomic mass is 16.3. The molecule has 0 saturated carbocycles. The molecule has 2 rings (SSSR count). The van der Waals surface area contributed by atoms with Gasteiger partial charge in [-0.2, -0.15) is 0 Å². The van der Waals surface area contributed by atoms with Crippen LogP contribution < -0.4 is 5.73 Å². The van der Waals surface area contributed by atoms with Gasteiger partial charge in [0.05, 0.1) is 0 Å². The number of rotatable bonds is 4. The molecule has 0 spiro atoms. The van der Waals surface area contributed by atoms with E-state index in [1.54, 1.807) is 11.9 Å². The number of hydrogen-bond acceptors (Lipinski definition) is 3. The summed E-state index contributed by atoms with van der Waals surface area (Å²) in [6.45, 7) is 7.13. The zero-order valence-electron chi connectivity index (χ0n) is 12.6. The van der Waals surface area contributed by atoms with Crippen molar-refractivity contribution in [1.82, 2.24) is 4.90 Å². The van der Waals surface area contributed by atoms with Gasteiger partial charge in [-0.05, 0) is 24.9 Å². The second kappa shape index (κ2) is 5.29. The largest absolute Gasteiger partial charge is 0.451 e. The van der Waals surface area contributed by atoms with Gasteiger partial charge in [-0.1, -0.05) is 32.0 Å². The highest BCUT2D eigenvalue weighted by Gasteiger charge is 2.25. The summed E-state index contributed by atoms with van der Waals surface area (Å²) in [5.41, 5.74) is 7.26. The minimum atomic E-state index is -0.107. The summed E-state index contributed by atoms with van der Waals surface area (Å²) in [6.07, 6.45) is 0. The maximum atomic E-state index is 12.5. The summed E-state index contributed by atoms with van der Waals surface area (Å²) in [6, 6.07) is 7.69. The lowest BCUT2D eigenvalue weighted by atomic mass is 9.93. The molecule has 0 saturated heterocycles. The van der Waals surface area contributed by atoms with E-state index in [-0.39, 0.29) is 11.3 Å². The van der Waals surface area contributed by atoms with Crippen molar-refractivity contribution >= 4 is 16.9 Å². The van der Waals surface area contributed by atoms with E-state index in [2.05, 4.69) is 0 Å². The molecule has 20 heavy (non-hydrogen) atoms. The summed E-state index contributed by atoms with van der Waals surface area (Å²) in [5.74, 6) is 0.321. The zero-order chi connectivity index (χ0) is 14.9. The second-order valence-corrected chi connectivity index (χ2v) is 6.08. The Labute approximate surface area is 119 Å². The lowest BCUT2D eigenvalue weighted by Crippen LogP contribution is -2.39. The van der Waals surface area contributed by atoms with Crippen molar-refractivity contribution in [2.75, 3.05) is 20.1 Å². The average molecular weight is 274 g/mol. The van der Waals surface area contributed by atoms with Crippen LogP contribution in [0.5, 0.6) is 0 Å². The van der Waals surface area contributed by atoms with Gasteiger partial charge in [0.15, 0.2) is 5.76 Å². The van der Waals surface area contributed by atoms with E-state index in [1.165, 1.54) is 0 Å². The molecule has 108 valence electrons. The van der Waals surface area contributed by atoms with Crippen LogP contribution in [-0.2, 0) is 0 Å². The van der Waals surface area contributed by atoms with Gasteiger partial charge in [0, 0.05) is 24.5 Å². The van der Waals surface area contributed by atoms with Gasteiger partial charge >= 0.3 is 0 Å². The lowest BCUT2D eigenvalue weighted by Gasteiger charge is -2.28. The number of carbonyl (C=O) groups excluding carboxylic acids is 1. The van der Waals surface area contributed by atoms with Crippen LogP contribution in [0.15, 0.2) is 28.7 Å². The number of amides is 1. The molecule has 4 nitrogen and oxygen atoms in total. The Balaban J connectivity index is 2.29. The normalized spacial score (nSPS) is 11.8. The number of benzene rings is 1. The highest BCUT2D eigenvalue weighted by Crippen LogP contribution is 2.26. The van der Waals surface area contributed by atoms with E-state index in [4.69, 9.17) is 10.2 Å². The number of carbonyl (C=O) groups is 1. The second-order valence-electron chi connectivity index (χ2n) is 6.08. The lowest BCUT2D eigenvalue weighted by molar-refractivity contribution is 0.0710. The van der Waals surface area contributed by atoms with E-state index in [0.717, 1.165) is 16.5 Å². The Morgan fingerprint density at radius 3 is 2.60 bits per heavy atom. The average Bonchev–Trinajstić information content (AvgIpc) is 2.75. The van der Waals surface area contributed by atoms with Crippen molar-refractivity contribution < 1.29 is 9.21 Å². The van der Waals surface area contributed by atoms with Crippen LogP contribution in [-0.4, -0.2) is 30.9 Å². The Hall–Kier alpha value is -1.81. The number of hydrogen-bond donors (Lipinski definition) is 1. The molecule has 0 radical (unpaired) electrons. The molecule has 1 heterocycles.